The third kappa shape index (κ3) is 41.4. The van der Waals surface area contributed by atoms with Crippen LogP contribution in [0.1, 0.15) is 188 Å². The monoisotopic (exact) mass is 1070 g/mol. The molecule has 0 radical (unpaired) electrons. The van der Waals surface area contributed by atoms with Gasteiger partial charge < -0.3 is 39.0 Å². The van der Waals surface area contributed by atoms with E-state index >= 15 is 0 Å². The van der Waals surface area contributed by atoms with Crippen molar-refractivity contribution in [3.05, 3.63) is 146 Å². The van der Waals surface area contributed by atoms with Crippen molar-refractivity contribution in [2.75, 3.05) is 13.2 Å². The zero-order valence-corrected chi connectivity index (χ0v) is 47.1. The van der Waals surface area contributed by atoms with Crippen LogP contribution in [-0.4, -0.2) is 89.2 Å². The number of rotatable bonds is 46. The summed E-state index contributed by atoms with van der Waals surface area (Å²) < 4.78 is 28.1. The molecule has 0 amide bonds. The molecule has 12 heteroatoms. The predicted molar refractivity (Wildman–Crippen MR) is 312 cm³/mol. The molecule has 1 aliphatic rings. The minimum atomic E-state index is -1.94. The smallest absolute Gasteiger partial charge is 0.335 e. The van der Waals surface area contributed by atoms with Crippen LogP contribution in [0.3, 0.4) is 0 Å². The first-order chi connectivity index (χ1) is 37.6. The average molecular weight is 1070 g/mol. The van der Waals surface area contributed by atoms with E-state index in [1.54, 1.807) is 12.2 Å². The molecule has 1 aliphatic heterocycles. The number of ether oxygens (including phenoxy) is 5. The summed E-state index contributed by atoms with van der Waals surface area (Å²) in [6, 6.07) is 0. The van der Waals surface area contributed by atoms with E-state index in [-0.39, 0.29) is 19.3 Å². The van der Waals surface area contributed by atoms with Crippen LogP contribution in [0.25, 0.3) is 0 Å². The van der Waals surface area contributed by atoms with Gasteiger partial charge in [0.05, 0.1) is 19.4 Å². The molecule has 6 unspecified atom stereocenters. The number of unbranched alkanes of at least 4 members (excludes halogenated alkanes) is 10. The van der Waals surface area contributed by atoms with E-state index in [9.17, 15) is 34.5 Å². The van der Waals surface area contributed by atoms with Gasteiger partial charge in [0.1, 0.15) is 18.8 Å². The number of aliphatic carboxylic acids is 1. The molecule has 0 aliphatic carbocycles. The normalized spacial score (nSPS) is 19.1. The second kappa shape index (κ2) is 51.4. The van der Waals surface area contributed by atoms with E-state index < -0.39 is 73.9 Å². The highest BCUT2D eigenvalue weighted by molar-refractivity contribution is 5.74. The summed E-state index contributed by atoms with van der Waals surface area (Å²) in [5, 5.41) is 31.5. The van der Waals surface area contributed by atoms with E-state index in [1.165, 1.54) is 19.3 Å². The number of carboxylic acid groups (broad SMARTS) is 1. The summed E-state index contributed by atoms with van der Waals surface area (Å²) in [5.74, 6) is -3.49. The van der Waals surface area contributed by atoms with Gasteiger partial charge in [-0.15, -0.1) is 0 Å². The van der Waals surface area contributed by atoms with Crippen LogP contribution >= 0.6 is 0 Å². The van der Waals surface area contributed by atoms with Gasteiger partial charge in [-0.1, -0.05) is 212 Å². The third-order valence-corrected chi connectivity index (χ3v) is 11.9. The molecule has 12 nitrogen and oxygen atoms in total. The topological polar surface area (TPSA) is 175 Å². The lowest BCUT2D eigenvalue weighted by molar-refractivity contribution is -0.301. The minimum Gasteiger partial charge on any atom is -0.479 e. The number of aliphatic hydroxyl groups is 2. The fraction of sp³-hybridized carbons (Fsp3) is 0.569. The van der Waals surface area contributed by atoms with Gasteiger partial charge in [0, 0.05) is 6.42 Å². The molecule has 430 valence electrons. The first-order valence-corrected chi connectivity index (χ1v) is 28.8. The first kappa shape index (κ1) is 69.6. The minimum absolute atomic E-state index is 0.0239. The number of aliphatic hydroxyl groups excluding tert-OH is 2. The van der Waals surface area contributed by atoms with Crippen molar-refractivity contribution in [2.45, 2.75) is 225 Å². The number of carbonyl (C=O) groups is 4. The number of esters is 3. The number of carbonyl (C=O) groups excluding carboxylic acids is 3. The van der Waals surface area contributed by atoms with E-state index in [2.05, 4.69) is 118 Å². The molecule has 3 N–H and O–H groups in total. The molecular weight excluding hydrogens is 973 g/mol. The highest BCUT2D eigenvalue weighted by atomic mass is 16.7. The fourth-order valence-electron chi connectivity index (χ4n) is 7.60. The summed E-state index contributed by atoms with van der Waals surface area (Å²) in [4.78, 5) is 51.0. The summed E-state index contributed by atoms with van der Waals surface area (Å²) >= 11 is 0. The summed E-state index contributed by atoms with van der Waals surface area (Å²) in [5.41, 5.74) is 0. The van der Waals surface area contributed by atoms with Crippen LogP contribution in [0.15, 0.2) is 146 Å². The van der Waals surface area contributed by atoms with E-state index in [1.807, 2.05) is 36.5 Å². The Bertz CT molecular complexity index is 1890. The van der Waals surface area contributed by atoms with Crippen molar-refractivity contribution in [1.82, 2.24) is 0 Å². The van der Waals surface area contributed by atoms with Gasteiger partial charge in [0.2, 0.25) is 0 Å². The number of hydrogen-bond acceptors (Lipinski definition) is 11. The Morgan fingerprint density at radius 1 is 0.455 bits per heavy atom. The molecule has 77 heavy (non-hydrogen) atoms. The molecule has 6 atom stereocenters. The molecule has 1 fully saturated rings. The molecule has 1 saturated heterocycles. The van der Waals surface area contributed by atoms with Crippen LogP contribution in [0, 0.1) is 0 Å². The van der Waals surface area contributed by atoms with Crippen molar-refractivity contribution in [1.29, 1.82) is 0 Å². The molecule has 0 aromatic carbocycles. The maximum Gasteiger partial charge on any atom is 0.335 e. The molecular formula is C65H98O12. The lowest BCUT2D eigenvalue weighted by atomic mass is 9.98. The zero-order chi connectivity index (χ0) is 56.1. The average Bonchev–Trinajstić information content (AvgIpc) is 3.42. The Morgan fingerprint density at radius 3 is 1.31 bits per heavy atom. The van der Waals surface area contributed by atoms with E-state index in [4.69, 9.17) is 23.7 Å². The molecule has 0 bridgehead atoms. The lowest BCUT2D eigenvalue weighted by Crippen LogP contribution is -2.61. The van der Waals surface area contributed by atoms with Crippen molar-refractivity contribution in [2.24, 2.45) is 0 Å². The molecule has 0 saturated carbocycles. The van der Waals surface area contributed by atoms with Gasteiger partial charge in [-0.05, 0) is 103 Å². The molecule has 1 heterocycles. The highest BCUT2D eigenvalue weighted by Crippen LogP contribution is 2.26. The van der Waals surface area contributed by atoms with Gasteiger partial charge in [-0.3, -0.25) is 14.4 Å². The van der Waals surface area contributed by atoms with Crippen LogP contribution in [0.4, 0.5) is 0 Å². The maximum atomic E-state index is 13.1. The van der Waals surface area contributed by atoms with Crippen LogP contribution in [0.2, 0.25) is 0 Å². The molecule has 0 spiro atoms. The molecule has 1 rings (SSSR count). The molecule has 0 aromatic heterocycles. The SMILES string of the molecule is CC/C=C\C/C=C\C/C=C\C/C=C\C/C=C\CC(=O)OCC(COC1OC(C(=O)O)C(O)C(O)C1OC(=O)CCCCCCCCC/C=C\C/C=C\CCCCC)OC(=O)C/C=C\C/C=C\C/C=C\C/C=C\C/C=C\CC. The van der Waals surface area contributed by atoms with Gasteiger partial charge in [0.25, 0.3) is 0 Å². The largest absolute Gasteiger partial charge is 0.479 e. The second-order valence-electron chi connectivity index (χ2n) is 18.8. The molecule has 0 aromatic rings. The van der Waals surface area contributed by atoms with Gasteiger partial charge in [0.15, 0.2) is 24.6 Å². The Labute approximate surface area is 463 Å². The van der Waals surface area contributed by atoms with Crippen molar-refractivity contribution >= 4 is 23.9 Å². The Balaban J connectivity index is 2.81. The van der Waals surface area contributed by atoms with Gasteiger partial charge >= 0.3 is 23.9 Å². The Morgan fingerprint density at radius 2 is 0.857 bits per heavy atom. The Hall–Kier alpha value is -5.40. The standard InChI is InChI=1S/C65H98O12/c1-4-7-10-13-16-19-22-25-28-29-32-35-38-41-44-47-50-53-59(68)76-63-61(70)60(69)62(64(71)72)77-65(63)74-55-56(75-58(67)52-49-46-43-40-37-34-31-27-24-21-18-15-12-9-6-3)54-73-57(66)51-48-45-42-39-36-33-30-26-23-20-17-14-11-8-5-2/h8-9,11-12,16-21,25-28,30-31,36-37,39-40,45-46,48-49,56,60-63,65,69-70H,4-7,10,13-15,22-24,29,32-35,38,41-44,47,50-55H2,1-3H3,(H,71,72)/b11-8-,12-9-,19-16-,20-17-,21-18-,28-25-,30-26-,31-27-,39-36-,40-37-,48-45-,49-46-. The van der Waals surface area contributed by atoms with Crippen LogP contribution < -0.4 is 0 Å². The van der Waals surface area contributed by atoms with E-state index in [0.29, 0.717) is 19.3 Å². The fourth-order valence-corrected chi connectivity index (χ4v) is 7.60. The highest BCUT2D eigenvalue weighted by Gasteiger charge is 2.50. The summed E-state index contributed by atoms with van der Waals surface area (Å²) in [6.07, 6.45) is 61.6. The summed E-state index contributed by atoms with van der Waals surface area (Å²) in [7, 11) is 0. The van der Waals surface area contributed by atoms with Gasteiger partial charge in [-0.2, -0.15) is 0 Å². The maximum absolute atomic E-state index is 13.1. The Kier molecular flexibility index (Phi) is 46.4. The second-order valence-corrected chi connectivity index (χ2v) is 18.8. The van der Waals surface area contributed by atoms with E-state index in [0.717, 1.165) is 109 Å². The van der Waals surface area contributed by atoms with Crippen molar-refractivity contribution < 1.29 is 58.2 Å². The van der Waals surface area contributed by atoms with Crippen molar-refractivity contribution in [3.8, 4) is 0 Å². The van der Waals surface area contributed by atoms with Crippen LogP contribution in [-0.2, 0) is 42.9 Å². The number of carboxylic acids is 1. The quantitative estimate of drug-likeness (QED) is 0.0228. The predicted octanol–water partition coefficient (Wildman–Crippen LogP) is 14.8. The van der Waals surface area contributed by atoms with Gasteiger partial charge in [-0.25, -0.2) is 4.79 Å². The number of hydrogen-bond donors (Lipinski definition) is 3. The number of allylic oxidation sites excluding steroid dienone is 22. The third-order valence-electron chi connectivity index (χ3n) is 11.9. The van der Waals surface area contributed by atoms with Crippen molar-refractivity contribution in [3.63, 3.8) is 0 Å². The van der Waals surface area contributed by atoms with Crippen LogP contribution in [0.5, 0.6) is 0 Å². The summed E-state index contributed by atoms with van der Waals surface area (Å²) in [6.45, 7) is 5.54. The first-order valence-electron chi connectivity index (χ1n) is 28.8. The zero-order valence-electron chi connectivity index (χ0n) is 47.1. The lowest BCUT2D eigenvalue weighted by Gasteiger charge is -2.40.